The summed E-state index contributed by atoms with van der Waals surface area (Å²) in [5.74, 6) is 0.984. The molecule has 1 N–H and O–H groups in total. The number of sulfonamides is 1. The average Bonchev–Trinajstić information content (AvgIpc) is 3.00. The molecule has 0 atom stereocenters. The molecule has 1 heterocycles. The van der Waals surface area contributed by atoms with E-state index in [-0.39, 0.29) is 0 Å². The molecule has 3 aromatic rings. The highest BCUT2D eigenvalue weighted by Crippen LogP contribution is 2.35. The first-order chi connectivity index (χ1) is 12.5. The molecule has 26 heavy (non-hydrogen) atoms. The van der Waals surface area contributed by atoms with Crippen molar-refractivity contribution in [3.63, 3.8) is 0 Å². The van der Waals surface area contributed by atoms with Crippen LogP contribution in [0.25, 0.3) is 11.6 Å². The molecule has 132 valence electrons. The molecule has 2 aromatic carbocycles. The van der Waals surface area contributed by atoms with E-state index in [1.54, 1.807) is 12.3 Å². The Labute approximate surface area is 153 Å². The normalized spacial score (nSPS) is 15.2. The van der Waals surface area contributed by atoms with Crippen molar-refractivity contribution in [1.82, 2.24) is 0 Å². The first kappa shape index (κ1) is 16.7. The highest BCUT2D eigenvalue weighted by Gasteiger charge is 2.20. The molecular weight excluding hydrogens is 346 g/mol. The SMILES string of the molecule is CS(=O)(=O)Nc1cccc(C=C2c3ccccc3CCc3occc32)c1. The number of fused-ring (bicyclic) bond motifs is 2. The lowest BCUT2D eigenvalue weighted by Crippen LogP contribution is -2.09. The minimum Gasteiger partial charge on any atom is -0.469 e. The second-order valence-corrected chi connectivity index (χ2v) is 8.22. The van der Waals surface area contributed by atoms with E-state index in [2.05, 4.69) is 29.0 Å². The topological polar surface area (TPSA) is 59.3 Å². The molecule has 5 heteroatoms. The summed E-state index contributed by atoms with van der Waals surface area (Å²) in [5.41, 5.74) is 6.15. The first-order valence-corrected chi connectivity index (χ1v) is 10.3. The number of hydrogen-bond donors (Lipinski definition) is 1. The molecular formula is C21H19NO3S. The molecule has 0 amide bonds. The van der Waals surface area contributed by atoms with E-state index < -0.39 is 10.0 Å². The summed E-state index contributed by atoms with van der Waals surface area (Å²) in [5, 5.41) is 0. The van der Waals surface area contributed by atoms with Crippen LogP contribution in [0.5, 0.6) is 0 Å². The lowest BCUT2D eigenvalue weighted by atomic mass is 9.94. The fraction of sp³-hybridized carbons (Fsp3) is 0.143. The van der Waals surface area contributed by atoms with Gasteiger partial charge in [0.25, 0.3) is 0 Å². The third kappa shape index (κ3) is 3.44. The molecule has 0 saturated carbocycles. The average molecular weight is 365 g/mol. The van der Waals surface area contributed by atoms with Gasteiger partial charge in [-0.05, 0) is 53.0 Å². The van der Waals surface area contributed by atoms with E-state index in [0.29, 0.717) is 5.69 Å². The fourth-order valence-electron chi connectivity index (χ4n) is 3.40. The molecule has 0 radical (unpaired) electrons. The summed E-state index contributed by atoms with van der Waals surface area (Å²) in [6, 6.07) is 17.8. The van der Waals surface area contributed by atoms with Gasteiger partial charge in [-0.2, -0.15) is 0 Å². The Morgan fingerprint density at radius 1 is 1.00 bits per heavy atom. The molecule has 0 unspecified atom stereocenters. The molecule has 1 aliphatic rings. The lowest BCUT2D eigenvalue weighted by molar-refractivity contribution is 0.508. The highest BCUT2D eigenvalue weighted by atomic mass is 32.2. The van der Waals surface area contributed by atoms with Crippen molar-refractivity contribution in [2.45, 2.75) is 12.8 Å². The van der Waals surface area contributed by atoms with Crippen LogP contribution in [0.1, 0.15) is 28.0 Å². The summed E-state index contributed by atoms with van der Waals surface area (Å²) in [6.45, 7) is 0. The maximum absolute atomic E-state index is 11.5. The van der Waals surface area contributed by atoms with Crippen LogP contribution in [0, 0.1) is 0 Å². The molecule has 0 aliphatic heterocycles. The van der Waals surface area contributed by atoms with Gasteiger partial charge in [-0.3, -0.25) is 4.72 Å². The monoisotopic (exact) mass is 365 g/mol. The Balaban J connectivity index is 1.84. The largest absolute Gasteiger partial charge is 0.469 e. The number of anilines is 1. The van der Waals surface area contributed by atoms with E-state index in [9.17, 15) is 8.42 Å². The zero-order chi connectivity index (χ0) is 18.1. The maximum atomic E-state index is 11.5. The highest BCUT2D eigenvalue weighted by molar-refractivity contribution is 7.92. The van der Waals surface area contributed by atoms with Crippen LogP contribution in [0.2, 0.25) is 0 Å². The quantitative estimate of drug-likeness (QED) is 0.751. The van der Waals surface area contributed by atoms with Crippen LogP contribution in [-0.2, 0) is 22.9 Å². The summed E-state index contributed by atoms with van der Waals surface area (Å²) in [7, 11) is -3.31. The van der Waals surface area contributed by atoms with Gasteiger partial charge in [-0.15, -0.1) is 0 Å². The van der Waals surface area contributed by atoms with Gasteiger partial charge in [0, 0.05) is 17.7 Å². The standard InChI is InChI=1S/C21H19NO3S/c1-26(23,24)22-17-7-4-5-15(13-17)14-20-18-8-3-2-6-16(18)9-10-21-19(20)11-12-25-21/h2-8,11-14,22H,9-10H2,1H3. The Hall–Kier alpha value is -2.79. The van der Waals surface area contributed by atoms with Crippen LogP contribution in [0.15, 0.2) is 65.3 Å². The van der Waals surface area contributed by atoms with E-state index in [0.717, 1.165) is 41.6 Å². The van der Waals surface area contributed by atoms with Gasteiger partial charge >= 0.3 is 0 Å². The van der Waals surface area contributed by atoms with Crippen molar-refractivity contribution >= 4 is 27.4 Å². The smallest absolute Gasteiger partial charge is 0.229 e. The molecule has 1 aromatic heterocycles. The van der Waals surface area contributed by atoms with E-state index in [1.807, 2.05) is 30.3 Å². The van der Waals surface area contributed by atoms with Gasteiger partial charge in [-0.25, -0.2) is 8.42 Å². The van der Waals surface area contributed by atoms with Crippen molar-refractivity contribution in [2.24, 2.45) is 0 Å². The molecule has 4 rings (SSSR count). The molecule has 0 fully saturated rings. The Morgan fingerprint density at radius 3 is 2.69 bits per heavy atom. The molecule has 0 saturated heterocycles. The summed E-state index contributed by atoms with van der Waals surface area (Å²) < 4.78 is 31.2. The van der Waals surface area contributed by atoms with Crippen molar-refractivity contribution < 1.29 is 12.8 Å². The predicted octanol–water partition coefficient (Wildman–Crippen LogP) is 4.34. The number of nitrogens with one attached hydrogen (secondary N) is 1. The summed E-state index contributed by atoms with van der Waals surface area (Å²) in [4.78, 5) is 0. The first-order valence-electron chi connectivity index (χ1n) is 8.44. The third-order valence-corrected chi connectivity index (χ3v) is 5.07. The molecule has 1 aliphatic carbocycles. The van der Waals surface area contributed by atoms with Gasteiger partial charge in [0.1, 0.15) is 5.76 Å². The van der Waals surface area contributed by atoms with Crippen molar-refractivity contribution in [1.29, 1.82) is 0 Å². The lowest BCUT2D eigenvalue weighted by Gasteiger charge is -2.10. The van der Waals surface area contributed by atoms with E-state index in [4.69, 9.17) is 4.42 Å². The predicted molar refractivity (Wildman–Crippen MR) is 104 cm³/mol. The van der Waals surface area contributed by atoms with Crippen LogP contribution in [0.3, 0.4) is 0 Å². The van der Waals surface area contributed by atoms with Gasteiger partial charge in [0.2, 0.25) is 10.0 Å². The number of aryl methyl sites for hydroxylation is 2. The van der Waals surface area contributed by atoms with Crippen molar-refractivity contribution in [2.75, 3.05) is 11.0 Å². The zero-order valence-electron chi connectivity index (χ0n) is 14.4. The second-order valence-electron chi connectivity index (χ2n) is 6.47. The minimum atomic E-state index is -3.31. The van der Waals surface area contributed by atoms with Crippen LogP contribution in [-0.4, -0.2) is 14.7 Å². The second kappa shape index (κ2) is 6.50. The summed E-state index contributed by atoms with van der Waals surface area (Å²) >= 11 is 0. The van der Waals surface area contributed by atoms with Gasteiger partial charge in [-0.1, -0.05) is 36.4 Å². The van der Waals surface area contributed by atoms with Gasteiger partial charge in [0.15, 0.2) is 0 Å². The number of furan rings is 1. The number of rotatable bonds is 3. The Morgan fingerprint density at radius 2 is 1.85 bits per heavy atom. The van der Waals surface area contributed by atoms with Crippen LogP contribution < -0.4 is 4.72 Å². The van der Waals surface area contributed by atoms with Crippen molar-refractivity contribution in [3.8, 4) is 0 Å². The van der Waals surface area contributed by atoms with Crippen molar-refractivity contribution in [3.05, 3.63) is 88.9 Å². The number of benzene rings is 2. The molecule has 4 nitrogen and oxygen atoms in total. The van der Waals surface area contributed by atoms with Crippen LogP contribution >= 0.6 is 0 Å². The van der Waals surface area contributed by atoms with Gasteiger partial charge < -0.3 is 4.42 Å². The molecule has 0 bridgehead atoms. The fourth-order valence-corrected chi connectivity index (χ4v) is 3.95. The Bertz CT molecular complexity index is 1090. The summed E-state index contributed by atoms with van der Waals surface area (Å²) in [6.07, 6.45) is 6.77. The molecule has 0 spiro atoms. The van der Waals surface area contributed by atoms with Crippen LogP contribution in [0.4, 0.5) is 5.69 Å². The third-order valence-electron chi connectivity index (χ3n) is 4.47. The maximum Gasteiger partial charge on any atom is 0.229 e. The zero-order valence-corrected chi connectivity index (χ0v) is 15.2. The van der Waals surface area contributed by atoms with E-state index >= 15 is 0 Å². The minimum absolute atomic E-state index is 0.552. The van der Waals surface area contributed by atoms with Gasteiger partial charge in [0.05, 0.1) is 12.5 Å². The van der Waals surface area contributed by atoms with E-state index in [1.165, 1.54) is 11.1 Å². The Kier molecular flexibility index (Phi) is 4.17. The number of hydrogen-bond acceptors (Lipinski definition) is 3.